The maximum absolute atomic E-state index is 11.9. The van der Waals surface area contributed by atoms with Gasteiger partial charge in [-0.25, -0.2) is 9.97 Å². The van der Waals surface area contributed by atoms with Gasteiger partial charge in [-0.3, -0.25) is 14.8 Å². The number of nitrogens with zero attached hydrogens (tertiary/aromatic N) is 5. The molecule has 3 N–H and O–H groups in total. The normalized spacial score (nSPS) is 17.5. The lowest BCUT2D eigenvalue weighted by atomic mass is 9.93. The number of aromatic nitrogens is 4. The molecule has 2 fully saturated rings. The van der Waals surface area contributed by atoms with Crippen LogP contribution in [-0.4, -0.2) is 76.7 Å². The van der Waals surface area contributed by atoms with E-state index < -0.39 is 0 Å². The molecule has 6 rings (SSSR count). The van der Waals surface area contributed by atoms with Crippen LogP contribution < -0.4 is 25.4 Å². The molecule has 2 aliphatic rings. The van der Waals surface area contributed by atoms with Gasteiger partial charge >= 0.3 is 0 Å². The number of methoxy groups -OCH3 is 2. The van der Waals surface area contributed by atoms with Gasteiger partial charge in [0.15, 0.2) is 0 Å². The van der Waals surface area contributed by atoms with Crippen LogP contribution in [0.3, 0.4) is 0 Å². The molecule has 2 aliphatic heterocycles. The summed E-state index contributed by atoms with van der Waals surface area (Å²) in [4.78, 5) is 32.9. The fraction of sp³-hybridized carbons (Fsp3) is 0.395. The minimum atomic E-state index is 0.107. The summed E-state index contributed by atoms with van der Waals surface area (Å²) in [6, 6.07) is 12.6. The van der Waals surface area contributed by atoms with Gasteiger partial charge in [0.05, 0.1) is 43.0 Å². The molecular formula is C38H45ClN8O3. The highest BCUT2D eigenvalue weighted by atomic mass is 35.5. The second-order valence-electron chi connectivity index (χ2n) is 12.9. The van der Waals surface area contributed by atoms with Gasteiger partial charge in [-0.05, 0) is 43.7 Å². The summed E-state index contributed by atoms with van der Waals surface area (Å²) in [7, 11) is 3.21. The van der Waals surface area contributed by atoms with Crippen LogP contribution in [-0.2, 0) is 17.9 Å². The van der Waals surface area contributed by atoms with Gasteiger partial charge in [-0.2, -0.15) is 0 Å². The van der Waals surface area contributed by atoms with Gasteiger partial charge in [0, 0.05) is 74.1 Å². The topological polar surface area (TPSA) is 126 Å². The highest BCUT2D eigenvalue weighted by Crippen LogP contribution is 2.39. The van der Waals surface area contributed by atoms with Crippen LogP contribution >= 0.6 is 11.6 Å². The number of benzene rings is 2. The molecule has 2 atom stereocenters. The van der Waals surface area contributed by atoms with Gasteiger partial charge < -0.3 is 30.3 Å². The molecule has 0 aliphatic carbocycles. The van der Waals surface area contributed by atoms with Crippen molar-refractivity contribution in [2.75, 3.05) is 33.9 Å². The molecule has 12 heteroatoms. The quantitative estimate of drug-likeness (QED) is 0.170. The Morgan fingerprint density at radius 2 is 1.60 bits per heavy atom. The first-order chi connectivity index (χ1) is 24.2. The minimum absolute atomic E-state index is 0.107. The second kappa shape index (κ2) is 16.0. The van der Waals surface area contributed by atoms with Gasteiger partial charge in [0.2, 0.25) is 17.7 Å². The van der Waals surface area contributed by atoms with Crippen molar-refractivity contribution < 1.29 is 14.3 Å². The Labute approximate surface area is 298 Å². The molecule has 4 aromatic rings. The Balaban J connectivity index is 1.20. The van der Waals surface area contributed by atoms with E-state index in [-0.39, 0.29) is 11.9 Å². The second-order valence-corrected chi connectivity index (χ2v) is 13.2. The summed E-state index contributed by atoms with van der Waals surface area (Å²) in [5.74, 6) is 1.03. The molecule has 11 nitrogen and oxygen atoms in total. The van der Waals surface area contributed by atoms with E-state index in [0.717, 1.165) is 83.7 Å². The highest BCUT2D eigenvalue weighted by Gasteiger charge is 2.23. The largest absolute Gasteiger partial charge is 0.480 e. The van der Waals surface area contributed by atoms with Crippen molar-refractivity contribution in [2.24, 2.45) is 0 Å². The van der Waals surface area contributed by atoms with Crippen molar-refractivity contribution >= 4 is 17.5 Å². The van der Waals surface area contributed by atoms with Crippen molar-refractivity contribution in [3.8, 4) is 45.4 Å². The molecule has 262 valence electrons. The molecule has 0 spiro atoms. The Hall–Kier alpha value is -4.58. The van der Waals surface area contributed by atoms with Crippen molar-refractivity contribution in [3.63, 3.8) is 0 Å². The monoisotopic (exact) mass is 696 g/mol. The van der Waals surface area contributed by atoms with Gasteiger partial charge in [-0.15, -0.1) is 0 Å². The van der Waals surface area contributed by atoms with E-state index in [1.54, 1.807) is 33.5 Å². The van der Waals surface area contributed by atoms with Gasteiger partial charge in [0.1, 0.15) is 11.4 Å². The average Bonchev–Trinajstić information content (AvgIpc) is 3.55. The standard InChI is InChI=1S/C38H45ClN8O3/c1-23-14-15-26(44-23)17-40-18-34-37(49-4)46-33(20-42-34)31-13-7-12-30(36(31)39)28-10-6-11-29(24(28)2)32-19-43-35(38(45-32)50-5)21-41-27-9-8-16-47(22-27)25(3)48/h6-7,10-13,19-20,26-27,40-41,44H,1,8-9,14-18,21-22H2,2-5H3/t26-,27?/m1/s1. The zero-order chi connectivity index (χ0) is 35.2. The lowest BCUT2D eigenvalue weighted by Gasteiger charge is -2.32. The predicted molar refractivity (Wildman–Crippen MR) is 196 cm³/mol. The summed E-state index contributed by atoms with van der Waals surface area (Å²) in [6.07, 6.45) is 7.59. The molecule has 0 bridgehead atoms. The van der Waals surface area contributed by atoms with Crippen LogP contribution in [0.2, 0.25) is 5.02 Å². The van der Waals surface area contributed by atoms with Crippen molar-refractivity contribution in [1.29, 1.82) is 0 Å². The van der Waals surface area contributed by atoms with Crippen LogP contribution in [0.25, 0.3) is 33.6 Å². The van der Waals surface area contributed by atoms with Crippen LogP contribution in [0.15, 0.2) is 61.1 Å². The first-order valence-electron chi connectivity index (χ1n) is 17.1. The predicted octanol–water partition coefficient (Wildman–Crippen LogP) is 5.70. The molecule has 1 unspecified atom stereocenters. The summed E-state index contributed by atoms with van der Waals surface area (Å²) >= 11 is 7.13. The molecule has 2 aromatic carbocycles. The van der Waals surface area contributed by atoms with E-state index in [1.165, 1.54) is 0 Å². The molecule has 2 aromatic heterocycles. The van der Waals surface area contributed by atoms with Crippen LogP contribution in [0.5, 0.6) is 11.8 Å². The Kier molecular flexibility index (Phi) is 11.3. The Morgan fingerprint density at radius 1 is 0.960 bits per heavy atom. The van der Waals surface area contributed by atoms with Crippen molar-refractivity contribution in [1.82, 2.24) is 40.8 Å². The number of amides is 1. The van der Waals surface area contributed by atoms with Crippen molar-refractivity contribution in [3.05, 3.63) is 83.0 Å². The number of nitrogens with one attached hydrogen (secondary N) is 3. The summed E-state index contributed by atoms with van der Waals surface area (Å²) in [5.41, 5.74) is 8.40. The summed E-state index contributed by atoms with van der Waals surface area (Å²) < 4.78 is 11.3. The highest BCUT2D eigenvalue weighted by molar-refractivity contribution is 6.36. The van der Waals surface area contributed by atoms with E-state index >= 15 is 0 Å². The number of rotatable bonds is 12. The summed E-state index contributed by atoms with van der Waals surface area (Å²) in [5, 5.41) is 11.0. The smallest absolute Gasteiger partial charge is 0.237 e. The maximum Gasteiger partial charge on any atom is 0.237 e. The third-order valence-corrected chi connectivity index (χ3v) is 9.90. The van der Waals surface area contributed by atoms with Gasteiger partial charge in [-0.1, -0.05) is 54.6 Å². The first kappa shape index (κ1) is 35.3. The van der Waals surface area contributed by atoms with Gasteiger partial charge in [0.25, 0.3) is 0 Å². The lowest BCUT2D eigenvalue weighted by Crippen LogP contribution is -2.47. The lowest BCUT2D eigenvalue weighted by molar-refractivity contribution is -0.130. The molecule has 50 heavy (non-hydrogen) atoms. The number of allylic oxidation sites excluding steroid dienone is 1. The maximum atomic E-state index is 11.9. The zero-order valence-electron chi connectivity index (χ0n) is 29.2. The number of ether oxygens (including phenoxy) is 2. The fourth-order valence-electron chi connectivity index (χ4n) is 6.74. The fourth-order valence-corrected chi connectivity index (χ4v) is 7.06. The first-order valence-corrected chi connectivity index (χ1v) is 17.5. The SMILES string of the molecule is C=C1CC[C@H](CNCc2ncc(-c3cccc(-c4cccc(-c5cnc(CNC6CCCN(C(C)=O)C6)c(OC)n5)c4C)c3Cl)nc2OC)N1. The Bertz CT molecular complexity index is 1870. The number of likely N-dealkylation sites (tertiary alicyclic amines) is 1. The number of carbonyl (C=O) groups is 1. The summed E-state index contributed by atoms with van der Waals surface area (Å²) in [6.45, 7) is 11.0. The number of carbonyl (C=O) groups excluding carboxylic acids is 1. The number of halogens is 1. The molecule has 0 saturated carbocycles. The average molecular weight is 697 g/mol. The van der Waals surface area contributed by atoms with E-state index in [4.69, 9.17) is 41.0 Å². The van der Waals surface area contributed by atoms with E-state index in [1.807, 2.05) is 35.2 Å². The number of piperidine rings is 1. The number of hydrogen-bond acceptors (Lipinski definition) is 10. The third kappa shape index (κ3) is 7.90. The van der Waals surface area contributed by atoms with Crippen molar-refractivity contribution in [2.45, 2.75) is 64.7 Å². The molecule has 2 saturated heterocycles. The molecule has 0 radical (unpaired) electrons. The zero-order valence-corrected chi connectivity index (χ0v) is 29.9. The third-order valence-electron chi connectivity index (χ3n) is 9.50. The van der Waals surface area contributed by atoms with E-state index in [9.17, 15) is 4.79 Å². The van der Waals surface area contributed by atoms with Crippen LogP contribution in [0.4, 0.5) is 0 Å². The molecular weight excluding hydrogens is 652 g/mol. The van der Waals surface area contributed by atoms with Crippen LogP contribution in [0.1, 0.15) is 49.6 Å². The van der Waals surface area contributed by atoms with Crippen LogP contribution in [0, 0.1) is 6.92 Å². The Morgan fingerprint density at radius 3 is 2.26 bits per heavy atom. The van der Waals surface area contributed by atoms with E-state index in [2.05, 4.69) is 35.5 Å². The molecule has 1 amide bonds. The molecule has 4 heterocycles. The minimum Gasteiger partial charge on any atom is -0.480 e. The number of hydrogen-bond donors (Lipinski definition) is 3. The van der Waals surface area contributed by atoms with E-state index in [0.29, 0.717) is 53.8 Å².